The summed E-state index contributed by atoms with van der Waals surface area (Å²) in [7, 11) is 0. The van der Waals surface area contributed by atoms with Crippen molar-refractivity contribution in [2.75, 3.05) is 0 Å². The molecule has 0 aliphatic rings. The van der Waals surface area contributed by atoms with Crippen LogP contribution < -0.4 is 0 Å². The van der Waals surface area contributed by atoms with Crippen LogP contribution in [0.2, 0.25) is 0 Å². The van der Waals surface area contributed by atoms with Gasteiger partial charge >= 0.3 is 0 Å². The minimum Gasteiger partial charge on any atom is -0.0614 e. The maximum absolute atomic E-state index is 2.22. The van der Waals surface area contributed by atoms with Crippen LogP contribution in [0, 0.1) is 27.7 Å². The second kappa shape index (κ2) is 12.5. The standard InChI is InChI=1S/2C20H18/c1-15-3-7-17(8-4-15)19-11-13-20(14-12-19)18-9-5-16(2)6-10-18;1-15-6-8-17(9-7-15)18-10-12-19(13-11-18)20-5-3-4-16(2)14-20/h2*3-14H,1-2H3. The molecule has 0 aromatic heterocycles. The Labute approximate surface area is 239 Å². The summed E-state index contributed by atoms with van der Waals surface area (Å²) in [5, 5.41) is 0. The van der Waals surface area contributed by atoms with Gasteiger partial charge < -0.3 is 0 Å². The average molecular weight is 517 g/mol. The predicted octanol–water partition coefficient (Wildman–Crippen LogP) is 11.3. The Bertz CT molecular complexity index is 1590. The Morgan fingerprint density at radius 3 is 0.750 bits per heavy atom. The van der Waals surface area contributed by atoms with E-state index in [1.807, 2.05) is 0 Å². The molecule has 0 amide bonds. The molecule has 0 fully saturated rings. The topological polar surface area (TPSA) is 0 Å². The van der Waals surface area contributed by atoms with Crippen LogP contribution in [0.5, 0.6) is 0 Å². The van der Waals surface area contributed by atoms with Gasteiger partial charge in [-0.05, 0) is 72.2 Å². The zero-order valence-corrected chi connectivity index (χ0v) is 23.9. The Balaban J connectivity index is 0.000000161. The van der Waals surface area contributed by atoms with Crippen molar-refractivity contribution in [1.82, 2.24) is 0 Å². The van der Waals surface area contributed by atoms with Gasteiger partial charge in [0.15, 0.2) is 0 Å². The van der Waals surface area contributed by atoms with E-state index in [9.17, 15) is 0 Å². The maximum Gasteiger partial charge on any atom is -0.0181 e. The Kier molecular flexibility index (Phi) is 8.38. The molecule has 0 unspecified atom stereocenters. The van der Waals surface area contributed by atoms with Crippen molar-refractivity contribution in [3.05, 3.63) is 168 Å². The molecule has 0 nitrogen and oxygen atoms in total. The number of hydrogen-bond acceptors (Lipinski definition) is 0. The first-order chi connectivity index (χ1) is 19.4. The van der Waals surface area contributed by atoms with E-state index in [-0.39, 0.29) is 0 Å². The quantitative estimate of drug-likeness (QED) is 0.218. The zero-order chi connectivity index (χ0) is 27.9. The van der Waals surface area contributed by atoms with Gasteiger partial charge in [0.2, 0.25) is 0 Å². The first-order valence-electron chi connectivity index (χ1n) is 13.9. The first kappa shape index (κ1) is 26.9. The molecule has 0 saturated heterocycles. The van der Waals surface area contributed by atoms with Gasteiger partial charge in [0.05, 0.1) is 0 Å². The highest BCUT2D eigenvalue weighted by atomic mass is 14.1. The van der Waals surface area contributed by atoms with Crippen molar-refractivity contribution >= 4 is 0 Å². The molecule has 0 saturated carbocycles. The summed E-state index contributed by atoms with van der Waals surface area (Å²) in [4.78, 5) is 0. The monoisotopic (exact) mass is 516 g/mol. The lowest BCUT2D eigenvalue weighted by atomic mass is 9.99. The maximum atomic E-state index is 2.22. The summed E-state index contributed by atoms with van der Waals surface area (Å²) < 4.78 is 0. The Hall–Kier alpha value is -4.68. The molecule has 6 rings (SSSR count). The van der Waals surface area contributed by atoms with Crippen molar-refractivity contribution < 1.29 is 0 Å². The highest BCUT2D eigenvalue weighted by Crippen LogP contribution is 2.27. The lowest BCUT2D eigenvalue weighted by Gasteiger charge is -2.06. The summed E-state index contributed by atoms with van der Waals surface area (Å²) >= 11 is 0. The molecule has 0 aliphatic carbocycles. The van der Waals surface area contributed by atoms with Crippen LogP contribution >= 0.6 is 0 Å². The molecule has 0 heteroatoms. The van der Waals surface area contributed by atoms with Crippen LogP contribution in [-0.4, -0.2) is 0 Å². The van der Waals surface area contributed by atoms with Gasteiger partial charge in [-0.2, -0.15) is 0 Å². The van der Waals surface area contributed by atoms with Crippen LogP contribution in [0.3, 0.4) is 0 Å². The van der Waals surface area contributed by atoms with Crippen LogP contribution in [0.4, 0.5) is 0 Å². The third-order valence-corrected chi connectivity index (χ3v) is 7.28. The fourth-order valence-electron chi connectivity index (χ4n) is 4.77. The van der Waals surface area contributed by atoms with Crippen molar-refractivity contribution in [3.63, 3.8) is 0 Å². The van der Waals surface area contributed by atoms with Crippen molar-refractivity contribution in [3.8, 4) is 44.5 Å². The SMILES string of the molecule is Cc1ccc(-c2ccc(-c3ccc(C)cc3)cc2)cc1.Cc1ccc(-c2ccc(-c3cccc(C)c3)cc2)cc1. The summed E-state index contributed by atoms with van der Waals surface area (Å²) in [5.74, 6) is 0. The van der Waals surface area contributed by atoms with Crippen molar-refractivity contribution in [2.24, 2.45) is 0 Å². The molecule has 0 spiro atoms. The van der Waals surface area contributed by atoms with Gasteiger partial charge in [-0.15, -0.1) is 0 Å². The van der Waals surface area contributed by atoms with Gasteiger partial charge in [0, 0.05) is 0 Å². The lowest BCUT2D eigenvalue weighted by molar-refractivity contribution is 1.46. The van der Waals surface area contributed by atoms with Crippen LogP contribution in [0.1, 0.15) is 22.3 Å². The minimum absolute atomic E-state index is 1.26. The highest BCUT2D eigenvalue weighted by molar-refractivity contribution is 5.72. The van der Waals surface area contributed by atoms with Crippen LogP contribution in [0.25, 0.3) is 44.5 Å². The van der Waals surface area contributed by atoms with Gasteiger partial charge in [0.25, 0.3) is 0 Å². The largest absolute Gasteiger partial charge is 0.0614 e. The lowest BCUT2D eigenvalue weighted by Crippen LogP contribution is -1.81. The smallest absolute Gasteiger partial charge is 0.0181 e. The van der Waals surface area contributed by atoms with Gasteiger partial charge in [-0.3, -0.25) is 0 Å². The Morgan fingerprint density at radius 1 is 0.225 bits per heavy atom. The predicted molar refractivity (Wildman–Crippen MR) is 174 cm³/mol. The van der Waals surface area contributed by atoms with E-state index in [1.54, 1.807) is 0 Å². The van der Waals surface area contributed by atoms with Gasteiger partial charge in [-0.1, -0.05) is 168 Å². The van der Waals surface area contributed by atoms with E-state index < -0.39 is 0 Å². The van der Waals surface area contributed by atoms with E-state index in [1.165, 1.54) is 66.8 Å². The van der Waals surface area contributed by atoms with E-state index >= 15 is 0 Å². The van der Waals surface area contributed by atoms with Crippen molar-refractivity contribution in [1.29, 1.82) is 0 Å². The van der Waals surface area contributed by atoms with E-state index in [2.05, 4.69) is 173 Å². The fraction of sp³-hybridized carbons (Fsp3) is 0.100. The molecule has 40 heavy (non-hydrogen) atoms. The van der Waals surface area contributed by atoms with E-state index in [0.717, 1.165) is 0 Å². The normalized spacial score (nSPS) is 10.5. The summed E-state index contributed by atoms with van der Waals surface area (Å²) in [5.41, 5.74) is 15.3. The van der Waals surface area contributed by atoms with Gasteiger partial charge in [-0.25, -0.2) is 0 Å². The molecule has 0 radical (unpaired) electrons. The molecule has 0 atom stereocenters. The third-order valence-electron chi connectivity index (χ3n) is 7.28. The molecule has 196 valence electrons. The minimum atomic E-state index is 1.26. The molecular weight excluding hydrogens is 480 g/mol. The summed E-state index contributed by atoms with van der Waals surface area (Å²) in [6, 6.07) is 52.2. The molecule has 0 bridgehead atoms. The second-order valence-corrected chi connectivity index (χ2v) is 10.6. The van der Waals surface area contributed by atoms with Crippen molar-refractivity contribution in [2.45, 2.75) is 27.7 Å². The number of benzene rings is 6. The van der Waals surface area contributed by atoms with E-state index in [0.29, 0.717) is 0 Å². The zero-order valence-electron chi connectivity index (χ0n) is 23.9. The number of aryl methyl sites for hydroxylation is 4. The third kappa shape index (κ3) is 6.84. The molecule has 0 N–H and O–H groups in total. The molecule has 0 heterocycles. The average Bonchev–Trinajstić information content (AvgIpc) is 2.99. The number of hydrogen-bond donors (Lipinski definition) is 0. The van der Waals surface area contributed by atoms with E-state index in [4.69, 9.17) is 0 Å². The summed E-state index contributed by atoms with van der Waals surface area (Å²) in [6.45, 7) is 8.48. The Morgan fingerprint density at radius 2 is 0.475 bits per heavy atom. The number of rotatable bonds is 4. The van der Waals surface area contributed by atoms with Crippen LogP contribution in [-0.2, 0) is 0 Å². The highest BCUT2D eigenvalue weighted by Gasteiger charge is 2.02. The molecular formula is C40H36. The fourth-order valence-corrected chi connectivity index (χ4v) is 4.77. The first-order valence-corrected chi connectivity index (χ1v) is 13.9. The molecule has 0 aliphatic heterocycles. The second-order valence-electron chi connectivity index (χ2n) is 10.6. The van der Waals surface area contributed by atoms with Crippen LogP contribution in [0.15, 0.2) is 146 Å². The molecule has 6 aromatic carbocycles. The summed E-state index contributed by atoms with van der Waals surface area (Å²) in [6.07, 6.45) is 0. The van der Waals surface area contributed by atoms with Gasteiger partial charge in [0.1, 0.15) is 0 Å². The molecule has 6 aromatic rings.